The zero-order valence-electron chi connectivity index (χ0n) is 15.7. The lowest BCUT2D eigenvalue weighted by Crippen LogP contribution is -2.28. The number of hydrogen-bond acceptors (Lipinski definition) is 3. The normalized spacial score (nSPS) is 18.1. The Labute approximate surface area is 168 Å². The number of benzene rings is 2. The summed E-state index contributed by atoms with van der Waals surface area (Å²) >= 11 is 6.23. The summed E-state index contributed by atoms with van der Waals surface area (Å²) in [6, 6.07) is 12.3. The second-order valence-corrected chi connectivity index (χ2v) is 7.16. The highest BCUT2D eigenvalue weighted by Gasteiger charge is 2.45. The van der Waals surface area contributed by atoms with Crippen LogP contribution >= 0.6 is 11.6 Å². The molecule has 1 aliphatic rings. The van der Waals surface area contributed by atoms with Crippen LogP contribution in [0.1, 0.15) is 30.4 Å². The van der Waals surface area contributed by atoms with E-state index in [4.69, 9.17) is 16.3 Å². The Hall–Kier alpha value is -2.34. The molecule has 0 N–H and O–H groups in total. The SMILES string of the molecule is CCOc1cc(CN(C)C(=O)C2CC2c2ccccc2Cl)ccc1OC(F)F. The summed E-state index contributed by atoms with van der Waals surface area (Å²) in [6.45, 7) is -0.499. The van der Waals surface area contributed by atoms with Crippen molar-refractivity contribution in [2.24, 2.45) is 5.92 Å². The summed E-state index contributed by atoms with van der Waals surface area (Å²) in [4.78, 5) is 14.4. The Bertz CT molecular complexity index is 846. The molecule has 1 amide bonds. The number of ether oxygens (including phenoxy) is 2. The van der Waals surface area contributed by atoms with Gasteiger partial charge in [-0.3, -0.25) is 4.79 Å². The maximum Gasteiger partial charge on any atom is 0.387 e. The van der Waals surface area contributed by atoms with Gasteiger partial charge in [0.2, 0.25) is 5.91 Å². The van der Waals surface area contributed by atoms with Gasteiger partial charge in [-0.2, -0.15) is 8.78 Å². The van der Waals surface area contributed by atoms with E-state index in [2.05, 4.69) is 4.74 Å². The monoisotopic (exact) mass is 409 g/mol. The molecule has 2 unspecified atom stereocenters. The lowest BCUT2D eigenvalue weighted by atomic mass is 10.1. The molecule has 7 heteroatoms. The van der Waals surface area contributed by atoms with Gasteiger partial charge in [-0.1, -0.05) is 35.9 Å². The van der Waals surface area contributed by atoms with Crippen LogP contribution in [0.15, 0.2) is 42.5 Å². The molecular formula is C21H22ClF2NO3. The van der Waals surface area contributed by atoms with E-state index in [1.165, 1.54) is 6.07 Å². The van der Waals surface area contributed by atoms with Crippen molar-refractivity contribution in [1.82, 2.24) is 4.90 Å². The van der Waals surface area contributed by atoms with Crippen LogP contribution in [0.3, 0.4) is 0 Å². The van der Waals surface area contributed by atoms with Gasteiger partial charge in [-0.05, 0) is 48.6 Å². The van der Waals surface area contributed by atoms with Crippen LogP contribution in [0.4, 0.5) is 8.78 Å². The Morgan fingerprint density at radius 1 is 1.25 bits per heavy atom. The van der Waals surface area contributed by atoms with Crippen molar-refractivity contribution in [2.45, 2.75) is 32.4 Å². The topological polar surface area (TPSA) is 38.8 Å². The zero-order chi connectivity index (χ0) is 20.3. The molecule has 0 spiro atoms. The van der Waals surface area contributed by atoms with Gasteiger partial charge < -0.3 is 14.4 Å². The molecule has 28 heavy (non-hydrogen) atoms. The Balaban J connectivity index is 1.66. The first-order chi connectivity index (χ1) is 13.4. The highest BCUT2D eigenvalue weighted by molar-refractivity contribution is 6.31. The Morgan fingerprint density at radius 3 is 2.68 bits per heavy atom. The predicted octanol–water partition coefficient (Wildman–Crippen LogP) is 5.10. The van der Waals surface area contributed by atoms with Crippen LogP contribution in [-0.4, -0.2) is 31.1 Å². The number of nitrogens with zero attached hydrogens (tertiary/aromatic N) is 1. The molecule has 0 radical (unpaired) electrons. The van der Waals surface area contributed by atoms with Crippen LogP contribution in [0.5, 0.6) is 11.5 Å². The molecule has 0 aromatic heterocycles. The number of amides is 1. The highest BCUT2D eigenvalue weighted by Crippen LogP contribution is 2.50. The minimum absolute atomic E-state index is 0.0180. The third-order valence-electron chi connectivity index (χ3n) is 4.73. The van der Waals surface area contributed by atoms with Crippen molar-refractivity contribution >= 4 is 17.5 Å². The number of rotatable bonds is 8. The van der Waals surface area contributed by atoms with Crippen LogP contribution < -0.4 is 9.47 Å². The second-order valence-electron chi connectivity index (χ2n) is 6.76. The number of carbonyl (C=O) groups is 1. The van der Waals surface area contributed by atoms with Crippen molar-refractivity contribution in [3.63, 3.8) is 0 Å². The third-order valence-corrected chi connectivity index (χ3v) is 5.08. The van der Waals surface area contributed by atoms with Crippen molar-refractivity contribution in [2.75, 3.05) is 13.7 Å². The van der Waals surface area contributed by atoms with E-state index in [-0.39, 0.29) is 29.2 Å². The molecule has 0 bridgehead atoms. The first-order valence-corrected chi connectivity index (χ1v) is 9.48. The quantitative estimate of drug-likeness (QED) is 0.608. The molecule has 0 aliphatic heterocycles. The van der Waals surface area contributed by atoms with Gasteiger partial charge in [-0.25, -0.2) is 0 Å². The third kappa shape index (κ3) is 4.73. The first-order valence-electron chi connectivity index (χ1n) is 9.10. The van der Waals surface area contributed by atoms with Crippen LogP contribution in [0.2, 0.25) is 5.02 Å². The molecule has 0 heterocycles. The lowest BCUT2D eigenvalue weighted by molar-refractivity contribution is -0.131. The van der Waals surface area contributed by atoms with E-state index < -0.39 is 6.61 Å². The highest BCUT2D eigenvalue weighted by atomic mass is 35.5. The van der Waals surface area contributed by atoms with E-state index >= 15 is 0 Å². The number of hydrogen-bond donors (Lipinski definition) is 0. The number of halogens is 3. The van der Waals surface area contributed by atoms with Gasteiger partial charge >= 0.3 is 6.61 Å². The standard InChI is InChI=1S/C21H22ClF2NO3/c1-3-27-19-10-13(8-9-18(19)28-21(23)24)12-25(2)20(26)16-11-15(16)14-6-4-5-7-17(14)22/h4-10,15-16,21H,3,11-12H2,1-2H3. The second kappa shape index (κ2) is 8.78. The molecule has 2 aromatic carbocycles. The molecule has 0 saturated heterocycles. The summed E-state index contributed by atoms with van der Waals surface area (Å²) in [6.07, 6.45) is 0.776. The molecule has 3 rings (SSSR count). The molecule has 4 nitrogen and oxygen atoms in total. The molecule has 150 valence electrons. The molecule has 2 atom stereocenters. The van der Waals surface area contributed by atoms with Gasteiger partial charge in [0, 0.05) is 24.5 Å². The largest absolute Gasteiger partial charge is 0.490 e. The van der Waals surface area contributed by atoms with Crippen molar-refractivity contribution in [3.8, 4) is 11.5 Å². The Kier molecular flexibility index (Phi) is 6.39. The van der Waals surface area contributed by atoms with Gasteiger partial charge in [0.05, 0.1) is 6.61 Å². The summed E-state index contributed by atoms with van der Waals surface area (Å²) in [5, 5.41) is 0.682. The first kappa shape index (κ1) is 20.4. The fourth-order valence-electron chi connectivity index (χ4n) is 3.33. The van der Waals surface area contributed by atoms with E-state index in [9.17, 15) is 13.6 Å². The van der Waals surface area contributed by atoms with Gasteiger partial charge in [0.15, 0.2) is 11.5 Å². The minimum atomic E-state index is -2.93. The summed E-state index contributed by atoms with van der Waals surface area (Å²) in [5.41, 5.74) is 1.78. The van der Waals surface area contributed by atoms with Gasteiger partial charge in [0.1, 0.15) is 0 Å². The molecule has 2 aromatic rings. The minimum Gasteiger partial charge on any atom is -0.490 e. The number of alkyl halides is 2. The molecular weight excluding hydrogens is 388 g/mol. The predicted molar refractivity (Wildman–Crippen MR) is 103 cm³/mol. The summed E-state index contributed by atoms with van der Waals surface area (Å²) < 4.78 is 34.9. The smallest absolute Gasteiger partial charge is 0.387 e. The summed E-state index contributed by atoms with van der Waals surface area (Å²) in [7, 11) is 1.73. The number of carbonyl (C=O) groups excluding carboxylic acids is 1. The maximum atomic E-state index is 12.8. The van der Waals surface area contributed by atoms with E-state index in [0.717, 1.165) is 17.5 Å². The van der Waals surface area contributed by atoms with Crippen LogP contribution in [-0.2, 0) is 11.3 Å². The van der Waals surface area contributed by atoms with Gasteiger partial charge in [0.25, 0.3) is 0 Å². The van der Waals surface area contributed by atoms with Crippen molar-refractivity contribution < 1.29 is 23.0 Å². The fourth-order valence-corrected chi connectivity index (χ4v) is 3.61. The average Bonchev–Trinajstić information content (AvgIpc) is 3.44. The van der Waals surface area contributed by atoms with Gasteiger partial charge in [-0.15, -0.1) is 0 Å². The maximum absolute atomic E-state index is 12.8. The van der Waals surface area contributed by atoms with Crippen LogP contribution in [0.25, 0.3) is 0 Å². The molecule has 1 aliphatic carbocycles. The molecule has 1 fully saturated rings. The van der Waals surface area contributed by atoms with E-state index in [0.29, 0.717) is 18.2 Å². The molecule has 1 saturated carbocycles. The lowest BCUT2D eigenvalue weighted by Gasteiger charge is -2.19. The Morgan fingerprint density at radius 2 is 2.00 bits per heavy atom. The summed E-state index contributed by atoms with van der Waals surface area (Å²) in [5.74, 6) is 0.315. The van der Waals surface area contributed by atoms with Crippen molar-refractivity contribution in [1.29, 1.82) is 0 Å². The van der Waals surface area contributed by atoms with Crippen molar-refractivity contribution in [3.05, 3.63) is 58.6 Å². The fraction of sp³-hybridized carbons (Fsp3) is 0.381. The zero-order valence-corrected chi connectivity index (χ0v) is 16.5. The average molecular weight is 410 g/mol. The van der Waals surface area contributed by atoms with Crippen LogP contribution in [0, 0.1) is 5.92 Å². The van der Waals surface area contributed by atoms with E-state index in [1.807, 2.05) is 24.3 Å². The van der Waals surface area contributed by atoms with E-state index in [1.54, 1.807) is 31.0 Å².